The van der Waals surface area contributed by atoms with Gasteiger partial charge in [-0.3, -0.25) is 4.99 Å². The van der Waals surface area contributed by atoms with Crippen molar-refractivity contribution in [1.29, 1.82) is 0 Å². The molecule has 0 bridgehead atoms. The van der Waals surface area contributed by atoms with Crippen molar-refractivity contribution in [2.45, 2.75) is 52.4 Å². The predicted octanol–water partition coefficient (Wildman–Crippen LogP) is 2.98. The average molecular weight is 196 g/mol. The molecule has 0 saturated heterocycles. The van der Waals surface area contributed by atoms with Crippen LogP contribution in [-0.2, 0) is 0 Å². The first kappa shape index (κ1) is 11.5. The largest absolute Gasteiger partial charge is 0.374 e. The molecular weight excluding hydrogens is 172 g/mol. The number of hydrogen-bond acceptors (Lipinski definition) is 2. The average Bonchev–Trinajstić information content (AvgIpc) is 2.48. The third kappa shape index (κ3) is 4.12. The maximum atomic E-state index is 4.57. The molecule has 0 atom stereocenters. The van der Waals surface area contributed by atoms with E-state index in [2.05, 4.69) is 24.2 Å². The molecule has 1 rings (SSSR count). The lowest BCUT2D eigenvalue weighted by atomic mass is 10.0. The van der Waals surface area contributed by atoms with E-state index >= 15 is 0 Å². The van der Waals surface area contributed by atoms with Crippen LogP contribution >= 0.6 is 0 Å². The van der Waals surface area contributed by atoms with E-state index in [1.165, 1.54) is 44.4 Å². The summed E-state index contributed by atoms with van der Waals surface area (Å²) in [4.78, 5) is 4.57. The Bertz CT molecular complexity index is 171. The SMILES string of the molecule is CCC(CC)CNC1=NCCCCC1. The molecule has 0 aromatic rings. The van der Waals surface area contributed by atoms with Gasteiger partial charge in [0.15, 0.2) is 0 Å². The van der Waals surface area contributed by atoms with Gasteiger partial charge in [-0.2, -0.15) is 0 Å². The Morgan fingerprint density at radius 3 is 2.71 bits per heavy atom. The first-order chi connectivity index (χ1) is 6.86. The summed E-state index contributed by atoms with van der Waals surface area (Å²) >= 11 is 0. The Labute approximate surface area is 88.2 Å². The molecule has 2 nitrogen and oxygen atoms in total. The minimum absolute atomic E-state index is 0.820. The fourth-order valence-electron chi connectivity index (χ4n) is 1.86. The Kier molecular flexibility index (Phi) is 5.65. The van der Waals surface area contributed by atoms with Gasteiger partial charge in [0.2, 0.25) is 0 Å². The van der Waals surface area contributed by atoms with E-state index in [0.717, 1.165) is 19.0 Å². The van der Waals surface area contributed by atoms with E-state index in [4.69, 9.17) is 0 Å². The van der Waals surface area contributed by atoms with Crippen LogP contribution in [-0.4, -0.2) is 18.9 Å². The van der Waals surface area contributed by atoms with Crippen LogP contribution in [0.5, 0.6) is 0 Å². The second-order valence-electron chi connectivity index (χ2n) is 4.20. The molecule has 2 heteroatoms. The van der Waals surface area contributed by atoms with Crippen molar-refractivity contribution in [2.24, 2.45) is 10.9 Å². The zero-order chi connectivity index (χ0) is 10.2. The van der Waals surface area contributed by atoms with Crippen LogP contribution in [0.4, 0.5) is 0 Å². The number of nitrogens with zero attached hydrogens (tertiary/aromatic N) is 1. The number of hydrogen-bond donors (Lipinski definition) is 1. The Morgan fingerprint density at radius 1 is 1.21 bits per heavy atom. The lowest BCUT2D eigenvalue weighted by molar-refractivity contribution is 0.483. The summed E-state index contributed by atoms with van der Waals surface area (Å²) in [6.07, 6.45) is 7.65. The van der Waals surface area contributed by atoms with Crippen molar-refractivity contribution in [1.82, 2.24) is 5.32 Å². The molecule has 1 aliphatic heterocycles. The standard InChI is InChI=1S/C12H24N2/c1-3-11(4-2)10-14-12-8-6-5-7-9-13-12/h11H,3-10H2,1-2H3,(H,13,14). The molecule has 1 N–H and O–H groups in total. The van der Waals surface area contributed by atoms with E-state index < -0.39 is 0 Å². The molecule has 0 amide bonds. The lowest BCUT2D eigenvalue weighted by Gasteiger charge is -2.15. The van der Waals surface area contributed by atoms with E-state index in [1.807, 2.05) is 0 Å². The van der Waals surface area contributed by atoms with Gasteiger partial charge in [-0.05, 0) is 18.8 Å². The summed E-state index contributed by atoms with van der Waals surface area (Å²) in [5.74, 6) is 2.08. The highest BCUT2D eigenvalue weighted by atomic mass is 15.0. The minimum Gasteiger partial charge on any atom is -0.374 e. The van der Waals surface area contributed by atoms with E-state index in [1.54, 1.807) is 0 Å². The maximum absolute atomic E-state index is 4.57. The molecule has 0 aromatic carbocycles. The van der Waals surface area contributed by atoms with Crippen molar-refractivity contribution in [3.8, 4) is 0 Å². The van der Waals surface area contributed by atoms with Crippen molar-refractivity contribution in [2.75, 3.05) is 13.1 Å². The van der Waals surface area contributed by atoms with Gasteiger partial charge in [-0.25, -0.2) is 0 Å². The third-order valence-corrected chi connectivity index (χ3v) is 3.12. The third-order valence-electron chi connectivity index (χ3n) is 3.12. The van der Waals surface area contributed by atoms with Crippen LogP contribution in [0, 0.1) is 5.92 Å². The molecule has 0 spiro atoms. The predicted molar refractivity (Wildman–Crippen MR) is 62.8 cm³/mol. The summed E-state index contributed by atoms with van der Waals surface area (Å²) in [6.45, 7) is 6.69. The minimum atomic E-state index is 0.820. The van der Waals surface area contributed by atoms with Crippen LogP contribution in [0.1, 0.15) is 52.4 Å². The molecule has 0 aliphatic carbocycles. The molecular formula is C12H24N2. The molecule has 0 fully saturated rings. The first-order valence-corrected chi connectivity index (χ1v) is 6.14. The van der Waals surface area contributed by atoms with Gasteiger partial charge < -0.3 is 5.32 Å². The highest BCUT2D eigenvalue weighted by Crippen LogP contribution is 2.08. The zero-order valence-corrected chi connectivity index (χ0v) is 9.68. The fraction of sp³-hybridized carbons (Fsp3) is 0.917. The second kappa shape index (κ2) is 6.86. The molecule has 0 unspecified atom stereocenters. The fourth-order valence-corrected chi connectivity index (χ4v) is 1.86. The molecule has 0 aromatic heterocycles. The molecule has 14 heavy (non-hydrogen) atoms. The van der Waals surface area contributed by atoms with Crippen LogP contribution in [0.25, 0.3) is 0 Å². The monoisotopic (exact) mass is 196 g/mol. The summed E-state index contributed by atoms with van der Waals surface area (Å²) in [6, 6.07) is 0. The van der Waals surface area contributed by atoms with Gasteiger partial charge in [0.25, 0.3) is 0 Å². The van der Waals surface area contributed by atoms with E-state index in [0.29, 0.717) is 0 Å². The molecule has 1 aliphatic rings. The molecule has 82 valence electrons. The highest BCUT2D eigenvalue weighted by molar-refractivity contribution is 5.82. The number of aliphatic imine (C=N–C) groups is 1. The lowest BCUT2D eigenvalue weighted by Crippen LogP contribution is -2.28. The van der Waals surface area contributed by atoms with Crippen LogP contribution in [0.2, 0.25) is 0 Å². The Hall–Kier alpha value is -0.530. The normalized spacial score (nSPS) is 17.8. The van der Waals surface area contributed by atoms with Gasteiger partial charge in [-0.15, -0.1) is 0 Å². The van der Waals surface area contributed by atoms with E-state index in [9.17, 15) is 0 Å². The molecule has 1 heterocycles. The first-order valence-electron chi connectivity index (χ1n) is 6.14. The van der Waals surface area contributed by atoms with Gasteiger partial charge in [0, 0.05) is 19.5 Å². The Morgan fingerprint density at radius 2 is 2.00 bits per heavy atom. The van der Waals surface area contributed by atoms with Gasteiger partial charge in [0.1, 0.15) is 0 Å². The topological polar surface area (TPSA) is 24.4 Å². The van der Waals surface area contributed by atoms with Crippen LogP contribution in [0.3, 0.4) is 0 Å². The van der Waals surface area contributed by atoms with E-state index in [-0.39, 0.29) is 0 Å². The van der Waals surface area contributed by atoms with Crippen LogP contribution < -0.4 is 5.32 Å². The van der Waals surface area contributed by atoms with Crippen molar-refractivity contribution in [3.63, 3.8) is 0 Å². The summed E-state index contributed by atoms with van der Waals surface area (Å²) in [5.41, 5.74) is 0. The highest BCUT2D eigenvalue weighted by Gasteiger charge is 2.06. The smallest absolute Gasteiger partial charge is 0.0963 e. The molecule has 0 radical (unpaired) electrons. The van der Waals surface area contributed by atoms with Crippen molar-refractivity contribution in [3.05, 3.63) is 0 Å². The molecule has 0 saturated carbocycles. The van der Waals surface area contributed by atoms with Gasteiger partial charge in [-0.1, -0.05) is 33.1 Å². The van der Waals surface area contributed by atoms with Gasteiger partial charge >= 0.3 is 0 Å². The van der Waals surface area contributed by atoms with Gasteiger partial charge in [0.05, 0.1) is 5.84 Å². The Balaban J connectivity index is 2.24. The van der Waals surface area contributed by atoms with Crippen molar-refractivity contribution >= 4 is 5.84 Å². The number of nitrogens with one attached hydrogen (secondary N) is 1. The summed E-state index contributed by atoms with van der Waals surface area (Å²) in [5, 5.41) is 3.51. The zero-order valence-electron chi connectivity index (χ0n) is 9.68. The number of rotatable bonds is 4. The maximum Gasteiger partial charge on any atom is 0.0963 e. The second-order valence-corrected chi connectivity index (χ2v) is 4.20. The van der Waals surface area contributed by atoms with Crippen LogP contribution in [0.15, 0.2) is 4.99 Å². The quantitative estimate of drug-likeness (QED) is 0.734. The number of amidine groups is 1. The van der Waals surface area contributed by atoms with Crippen molar-refractivity contribution < 1.29 is 0 Å². The summed E-state index contributed by atoms with van der Waals surface area (Å²) < 4.78 is 0. The summed E-state index contributed by atoms with van der Waals surface area (Å²) in [7, 11) is 0.